The minimum atomic E-state index is -0.539. The predicted molar refractivity (Wildman–Crippen MR) is 106 cm³/mol. The molecule has 0 heterocycles. The molecule has 3 rings (SSSR count). The van der Waals surface area contributed by atoms with Crippen LogP contribution < -0.4 is 0 Å². The number of nitrogens with zero attached hydrogens (tertiary/aromatic N) is 1. The molecule has 0 N–H and O–H groups in total. The summed E-state index contributed by atoms with van der Waals surface area (Å²) in [6, 6.07) is 16.3. The molecule has 126 valence electrons. The van der Waals surface area contributed by atoms with Gasteiger partial charge < -0.3 is 0 Å². The fraction of sp³-hybridized carbons (Fsp3) is 0. The first-order chi connectivity index (χ1) is 12.6. The van der Waals surface area contributed by atoms with Gasteiger partial charge in [0.25, 0.3) is 0 Å². The Morgan fingerprint density at radius 3 is 2.00 bits per heavy atom. The van der Waals surface area contributed by atoms with Crippen LogP contribution in [-0.2, 0) is 0 Å². The second-order valence-corrected chi connectivity index (χ2v) is 6.06. The van der Waals surface area contributed by atoms with Crippen molar-refractivity contribution in [2.75, 3.05) is 0 Å². The van der Waals surface area contributed by atoms with Crippen molar-refractivity contribution in [3.63, 3.8) is 0 Å². The van der Waals surface area contributed by atoms with Gasteiger partial charge in [-0.05, 0) is 60.2 Å². The van der Waals surface area contributed by atoms with Crippen LogP contribution in [0.5, 0.6) is 0 Å². The smallest absolute Gasteiger partial charge is 0.150 e. The number of hydrogen-bond acceptors (Lipinski definition) is 3. The molecule has 0 radical (unpaired) electrons. The molecule has 0 bridgehead atoms. The van der Waals surface area contributed by atoms with Gasteiger partial charge in [0.1, 0.15) is 11.5 Å². The van der Waals surface area contributed by atoms with Crippen LogP contribution in [0.3, 0.4) is 0 Å². The fourth-order valence-electron chi connectivity index (χ4n) is 2.34. The van der Waals surface area contributed by atoms with Crippen LogP contribution in [0.4, 0.5) is 14.5 Å². The highest BCUT2D eigenvalue weighted by Gasteiger charge is 2.05. The lowest BCUT2D eigenvalue weighted by Crippen LogP contribution is -1.86. The number of thiocarbonyl (C=S) groups is 1. The van der Waals surface area contributed by atoms with E-state index in [0.717, 1.165) is 10.5 Å². The van der Waals surface area contributed by atoms with Crippen molar-refractivity contribution in [3.8, 4) is 23.0 Å². The van der Waals surface area contributed by atoms with E-state index in [1.807, 2.05) is 0 Å². The van der Waals surface area contributed by atoms with Crippen molar-refractivity contribution in [1.82, 2.24) is 0 Å². The van der Waals surface area contributed by atoms with Crippen molar-refractivity contribution in [1.29, 1.82) is 0 Å². The van der Waals surface area contributed by atoms with Gasteiger partial charge in [-0.2, -0.15) is 4.99 Å². The maximum atomic E-state index is 14.4. The van der Waals surface area contributed by atoms with Crippen LogP contribution in [-0.4, -0.2) is 5.16 Å². The van der Waals surface area contributed by atoms with Gasteiger partial charge in [0.05, 0.1) is 5.16 Å². The maximum Gasteiger partial charge on any atom is 0.150 e. The van der Waals surface area contributed by atoms with Crippen molar-refractivity contribution in [2.45, 2.75) is 4.90 Å². The third-order valence-corrected chi connectivity index (χ3v) is 4.00. The van der Waals surface area contributed by atoms with Crippen LogP contribution in [0.1, 0.15) is 11.1 Å². The van der Waals surface area contributed by atoms with E-state index in [4.69, 9.17) is 0 Å². The number of thiol groups is 1. The summed E-state index contributed by atoms with van der Waals surface area (Å²) < 4.78 is 28.2. The highest BCUT2D eigenvalue weighted by atomic mass is 32.1. The van der Waals surface area contributed by atoms with Crippen molar-refractivity contribution in [2.24, 2.45) is 4.99 Å². The molecule has 0 saturated heterocycles. The van der Waals surface area contributed by atoms with E-state index in [1.54, 1.807) is 42.5 Å². The number of aliphatic imine (C=N–C) groups is 1. The Balaban J connectivity index is 1.87. The molecule has 26 heavy (non-hydrogen) atoms. The van der Waals surface area contributed by atoms with Gasteiger partial charge in [0.15, 0.2) is 5.82 Å². The van der Waals surface area contributed by atoms with E-state index < -0.39 is 5.82 Å². The highest BCUT2D eigenvalue weighted by molar-refractivity contribution is 7.80. The number of rotatable bonds is 2. The molecule has 3 aromatic carbocycles. The predicted octanol–water partition coefficient (Wildman–Crippen LogP) is 6.05. The summed E-state index contributed by atoms with van der Waals surface area (Å²) in [5, 5.41) is 2.12. The first-order valence-corrected chi connectivity index (χ1v) is 8.41. The van der Waals surface area contributed by atoms with E-state index >= 15 is 0 Å². The molecule has 0 amide bonds. The minimum Gasteiger partial charge on any atom is -0.206 e. The molecule has 0 unspecified atom stereocenters. The largest absolute Gasteiger partial charge is 0.206 e. The minimum absolute atomic E-state index is 0.105. The molecule has 0 saturated carbocycles. The lowest BCUT2D eigenvalue weighted by atomic mass is 10.0. The summed E-state index contributed by atoms with van der Waals surface area (Å²) in [4.78, 5) is 4.42. The number of isothiocyanates is 1. The quantitative estimate of drug-likeness (QED) is 0.247. The van der Waals surface area contributed by atoms with E-state index in [-0.39, 0.29) is 11.5 Å². The van der Waals surface area contributed by atoms with E-state index in [2.05, 4.69) is 46.8 Å². The fourth-order valence-corrected chi connectivity index (χ4v) is 2.58. The van der Waals surface area contributed by atoms with Crippen molar-refractivity contribution < 1.29 is 8.78 Å². The van der Waals surface area contributed by atoms with E-state index in [9.17, 15) is 8.78 Å². The van der Waals surface area contributed by atoms with Gasteiger partial charge in [0, 0.05) is 21.6 Å². The van der Waals surface area contributed by atoms with Crippen molar-refractivity contribution in [3.05, 3.63) is 83.4 Å². The molecule has 0 aromatic heterocycles. The molecular weight excluding hydrogens is 368 g/mol. The molecule has 0 aliphatic rings. The number of hydrogen-bond donors (Lipinski definition) is 1. The average molecular weight is 379 g/mol. The van der Waals surface area contributed by atoms with Crippen LogP contribution >= 0.6 is 24.8 Å². The summed E-state index contributed by atoms with van der Waals surface area (Å²) in [6.07, 6.45) is 0. The van der Waals surface area contributed by atoms with Crippen LogP contribution in [0.2, 0.25) is 0 Å². The summed E-state index contributed by atoms with van der Waals surface area (Å²) in [6.45, 7) is 0. The van der Waals surface area contributed by atoms with E-state index in [1.165, 1.54) is 18.2 Å². The molecular formula is C21H11F2NS2. The third-order valence-electron chi connectivity index (χ3n) is 3.61. The summed E-state index contributed by atoms with van der Waals surface area (Å²) in [5.41, 5.74) is 2.31. The van der Waals surface area contributed by atoms with Gasteiger partial charge in [-0.15, -0.1) is 12.6 Å². The van der Waals surface area contributed by atoms with Crippen LogP contribution in [0, 0.1) is 23.5 Å². The monoisotopic (exact) mass is 379 g/mol. The standard InChI is InChI=1S/C21H11F2NS2/c22-19-11-14(3-9-18(19)16-5-7-17(26)8-6-16)1-2-15-4-10-21(24-13-25)20(23)12-15/h3-12,26H. The zero-order chi connectivity index (χ0) is 18.5. The molecule has 5 heteroatoms. The van der Waals surface area contributed by atoms with Gasteiger partial charge in [-0.25, -0.2) is 8.78 Å². The molecule has 3 aromatic rings. The second kappa shape index (κ2) is 8.07. The summed E-state index contributed by atoms with van der Waals surface area (Å²) in [5.74, 6) is 4.73. The van der Waals surface area contributed by atoms with Crippen molar-refractivity contribution >= 4 is 35.7 Å². The Kier molecular flexibility index (Phi) is 5.60. The molecule has 0 aliphatic heterocycles. The zero-order valence-electron chi connectivity index (χ0n) is 13.3. The lowest BCUT2D eigenvalue weighted by molar-refractivity contribution is 0.629. The summed E-state index contributed by atoms with van der Waals surface area (Å²) in [7, 11) is 0. The Hall–Kier alpha value is -2.77. The molecule has 0 aliphatic carbocycles. The highest BCUT2D eigenvalue weighted by Crippen LogP contribution is 2.24. The first-order valence-electron chi connectivity index (χ1n) is 7.55. The number of halogens is 2. The maximum absolute atomic E-state index is 14.4. The van der Waals surface area contributed by atoms with Gasteiger partial charge in [-0.1, -0.05) is 30.0 Å². The molecule has 0 spiro atoms. The Morgan fingerprint density at radius 1 is 0.808 bits per heavy atom. The topological polar surface area (TPSA) is 12.4 Å². The molecule has 1 nitrogen and oxygen atoms in total. The SMILES string of the molecule is Fc1cc(C#Cc2ccc(-c3ccc(S)cc3)c(F)c2)ccc1N=C=S. The lowest BCUT2D eigenvalue weighted by Gasteiger charge is -2.04. The van der Waals surface area contributed by atoms with Crippen LogP contribution in [0.25, 0.3) is 11.1 Å². The number of benzene rings is 3. The summed E-state index contributed by atoms with van der Waals surface area (Å²) >= 11 is 8.68. The molecule has 0 atom stereocenters. The zero-order valence-corrected chi connectivity index (χ0v) is 15.0. The normalized spacial score (nSPS) is 9.81. The average Bonchev–Trinajstić information content (AvgIpc) is 2.63. The van der Waals surface area contributed by atoms with Crippen LogP contribution in [0.15, 0.2) is 70.6 Å². The van der Waals surface area contributed by atoms with Gasteiger partial charge in [-0.3, -0.25) is 0 Å². The third kappa shape index (κ3) is 4.25. The Morgan fingerprint density at radius 2 is 1.42 bits per heavy atom. The van der Waals surface area contributed by atoms with E-state index in [0.29, 0.717) is 16.7 Å². The Labute approximate surface area is 160 Å². The first kappa shape index (κ1) is 18.0. The van der Waals surface area contributed by atoms with Gasteiger partial charge in [0.2, 0.25) is 0 Å². The Bertz CT molecular complexity index is 1070. The van der Waals surface area contributed by atoms with Gasteiger partial charge >= 0.3 is 0 Å². The second-order valence-electron chi connectivity index (χ2n) is 5.36. The molecule has 0 fully saturated rings.